The molecule has 72 valence electrons. The predicted molar refractivity (Wildman–Crippen MR) is 38.9 cm³/mol. The van der Waals surface area contributed by atoms with Gasteiger partial charge in [0, 0.05) is 19.3 Å². The predicted octanol–water partition coefficient (Wildman–Crippen LogP) is 1.61. The molecule has 0 aromatic carbocycles. The van der Waals surface area contributed by atoms with Crippen molar-refractivity contribution in [3.8, 4) is 5.88 Å². The lowest BCUT2D eigenvalue weighted by atomic mass is 10.3. The van der Waals surface area contributed by atoms with E-state index in [0.29, 0.717) is 6.20 Å². The van der Waals surface area contributed by atoms with E-state index < -0.39 is 11.7 Å². The van der Waals surface area contributed by atoms with E-state index in [9.17, 15) is 13.2 Å². The third-order valence-electron chi connectivity index (χ3n) is 1.27. The highest BCUT2D eigenvalue weighted by Crippen LogP contribution is 2.28. The molecule has 0 unspecified atom stereocenters. The number of hydrogen-bond donors (Lipinski definition) is 1. The van der Waals surface area contributed by atoms with Gasteiger partial charge in [-0.25, -0.2) is 4.98 Å². The summed E-state index contributed by atoms with van der Waals surface area (Å²) in [5.41, 5.74) is 1.50. The lowest BCUT2D eigenvalue weighted by molar-refractivity contribution is -0.137. The van der Waals surface area contributed by atoms with Crippen molar-refractivity contribution in [2.75, 3.05) is 7.05 Å². The average molecular weight is 192 g/mol. The Balaban J connectivity index is 2.81. The van der Waals surface area contributed by atoms with Gasteiger partial charge in [-0.2, -0.15) is 18.7 Å². The molecule has 1 aromatic heterocycles. The molecule has 6 heteroatoms. The van der Waals surface area contributed by atoms with Gasteiger partial charge in [0.1, 0.15) is 0 Å². The van der Waals surface area contributed by atoms with Crippen molar-refractivity contribution in [2.24, 2.45) is 0 Å². The summed E-state index contributed by atoms with van der Waals surface area (Å²) in [7, 11) is 1.49. The number of rotatable bonds is 2. The van der Waals surface area contributed by atoms with Crippen LogP contribution in [-0.2, 0) is 6.18 Å². The average Bonchev–Trinajstić information content (AvgIpc) is 2.04. The zero-order chi connectivity index (χ0) is 9.90. The maximum Gasteiger partial charge on any atom is 0.417 e. The highest BCUT2D eigenvalue weighted by molar-refractivity contribution is 5.19. The Morgan fingerprint density at radius 1 is 1.38 bits per heavy atom. The van der Waals surface area contributed by atoms with Crippen LogP contribution in [0.3, 0.4) is 0 Å². The van der Waals surface area contributed by atoms with Crippen molar-refractivity contribution >= 4 is 0 Å². The van der Waals surface area contributed by atoms with Crippen LogP contribution in [0, 0.1) is 0 Å². The van der Waals surface area contributed by atoms with Gasteiger partial charge in [0.25, 0.3) is 0 Å². The van der Waals surface area contributed by atoms with Crippen LogP contribution in [0.2, 0.25) is 0 Å². The molecule has 0 atom stereocenters. The molecule has 1 heterocycles. The van der Waals surface area contributed by atoms with E-state index in [0.717, 1.165) is 12.1 Å². The standard InChI is InChI=1S/C7H7F3N2O/c1-11-13-6-3-2-5(4-12-6)7(8,9)10/h2-4,11H,1H3. The van der Waals surface area contributed by atoms with Gasteiger partial charge in [-0.3, -0.25) is 0 Å². The minimum atomic E-state index is -4.36. The van der Waals surface area contributed by atoms with Gasteiger partial charge >= 0.3 is 6.18 Å². The number of hydroxylamine groups is 1. The highest BCUT2D eigenvalue weighted by atomic mass is 19.4. The molecule has 0 saturated heterocycles. The van der Waals surface area contributed by atoms with Gasteiger partial charge < -0.3 is 4.84 Å². The van der Waals surface area contributed by atoms with Gasteiger partial charge in [0.2, 0.25) is 5.88 Å². The van der Waals surface area contributed by atoms with E-state index in [4.69, 9.17) is 0 Å². The molecule has 0 aliphatic heterocycles. The van der Waals surface area contributed by atoms with E-state index >= 15 is 0 Å². The first-order chi connectivity index (χ1) is 6.04. The first-order valence-electron chi connectivity index (χ1n) is 3.41. The lowest BCUT2D eigenvalue weighted by Gasteiger charge is -2.06. The Labute approximate surface area is 72.5 Å². The Kier molecular flexibility index (Phi) is 2.72. The maximum absolute atomic E-state index is 12.0. The molecule has 0 aliphatic carbocycles. The summed E-state index contributed by atoms with van der Waals surface area (Å²) >= 11 is 0. The topological polar surface area (TPSA) is 34.1 Å². The zero-order valence-corrected chi connectivity index (χ0v) is 6.72. The van der Waals surface area contributed by atoms with Gasteiger partial charge in [-0.1, -0.05) is 0 Å². The molecule has 0 saturated carbocycles. The fourth-order valence-electron chi connectivity index (χ4n) is 0.713. The van der Waals surface area contributed by atoms with E-state index in [1.165, 1.54) is 7.05 Å². The number of nitrogens with zero attached hydrogens (tertiary/aromatic N) is 1. The van der Waals surface area contributed by atoms with Crippen LogP contribution >= 0.6 is 0 Å². The van der Waals surface area contributed by atoms with Crippen molar-refractivity contribution in [3.05, 3.63) is 23.9 Å². The SMILES string of the molecule is CNOc1ccc(C(F)(F)F)cn1. The summed E-state index contributed by atoms with van der Waals surface area (Å²) < 4.78 is 36.0. The number of hydrogen-bond acceptors (Lipinski definition) is 3. The van der Waals surface area contributed by atoms with Crippen LogP contribution in [0.1, 0.15) is 5.56 Å². The second kappa shape index (κ2) is 3.61. The minimum absolute atomic E-state index is 0.0931. The number of alkyl halides is 3. The molecule has 0 bridgehead atoms. The molecule has 0 spiro atoms. The van der Waals surface area contributed by atoms with Crippen LogP contribution < -0.4 is 10.3 Å². The molecule has 0 fully saturated rings. The fraction of sp³-hybridized carbons (Fsp3) is 0.286. The molecule has 1 rings (SSSR count). The monoisotopic (exact) mass is 192 g/mol. The Morgan fingerprint density at radius 2 is 2.08 bits per heavy atom. The Morgan fingerprint density at radius 3 is 2.46 bits per heavy atom. The second-order valence-electron chi connectivity index (χ2n) is 2.19. The summed E-state index contributed by atoms with van der Waals surface area (Å²) in [5, 5.41) is 0. The van der Waals surface area contributed by atoms with E-state index in [1.54, 1.807) is 0 Å². The summed E-state index contributed by atoms with van der Waals surface area (Å²) in [6.07, 6.45) is -3.64. The minimum Gasteiger partial charge on any atom is -0.389 e. The van der Waals surface area contributed by atoms with Crippen LogP contribution in [-0.4, -0.2) is 12.0 Å². The van der Waals surface area contributed by atoms with Crippen molar-refractivity contribution in [3.63, 3.8) is 0 Å². The second-order valence-corrected chi connectivity index (χ2v) is 2.19. The van der Waals surface area contributed by atoms with Crippen LogP contribution in [0.4, 0.5) is 13.2 Å². The molecule has 1 N–H and O–H groups in total. The molecule has 3 nitrogen and oxygen atoms in total. The van der Waals surface area contributed by atoms with Crippen molar-refractivity contribution in [1.82, 2.24) is 10.5 Å². The normalized spacial score (nSPS) is 11.4. The largest absolute Gasteiger partial charge is 0.417 e. The molecular formula is C7H7F3N2O. The summed E-state index contributed by atoms with van der Waals surface area (Å²) in [5.74, 6) is 0.0931. The Hall–Kier alpha value is -1.30. The van der Waals surface area contributed by atoms with E-state index in [1.807, 2.05) is 0 Å². The van der Waals surface area contributed by atoms with Crippen LogP contribution in [0.15, 0.2) is 18.3 Å². The number of aromatic nitrogens is 1. The third kappa shape index (κ3) is 2.59. The smallest absolute Gasteiger partial charge is 0.389 e. The number of nitrogens with one attached hydrogen (secondary N) is 1. The molecule has 0 aliphatic rings. The quantitative estimate of drug-likeness (QED) is 0.723. The third-order valence-corrected chi connectivity index (χ3v) is 1.27. The van der Waals surface area contributed by atoms with Crippen molar-refractivity contribution in [2.45, 2.75) is 6.18 Å². The lowest BCUT2D eigenvalue weighted by Crippen LogP contribution is -2.12. The summed E-state index contributed by atoms with van der Waals surface area (Å²) in [6, 6.07) is 2.04. The van der Waals surface area contributed by atoms with Gasteiger partial charge in [0.05, 0.1) is 5.56 Å². The van der Waals surface area contributed by atoms with Gasteiger partial charge in [0.15, 0.2) is 0 Å². The molecule has 0 radical (unpaired) electrons. The zero-order valence-electron chi connectivity index (χ0n) is 6.72. The summed E-state index contributed by atoms with van der Waals surface area (Å²) in [4.78, 5) is 8.08. The van der Waals surface area contributed by atoms with Crippen LogP contribution in [0.25, 0.3) is 0 Å². The summed E-state index contributed by atoms with van der Waals surface area (Å²) in [6.45, 7) is 0. The first-order valence-corrected chi connectivity index (χ1v) is 3.41. The Bertz CT molecular complexity index is 270. The first kappa shape index (κ1) is 9.79. The molecule has 13 heavy (non-hydrogen) atoms. The molecular weight excluding hydrogens is 185 g/mol. The molecule has 0 amide bonds. The number of pyridine rings is 1. The van der Waals surface area contributed by atoms with Gasteiger partial charge in [-0.15, -0.1) is 0 Å². The van der Waals surface area contributed by atoms with Crippen molar-refractivity contribution < 1.29 is 18.0 Å². The highest BCUT2D eigenvalue weighted by Gasteiger charge is 2.30. The maximum atomic E-state index is 12.0. The van der Waals surface area contributed by atoms with Crippen LogP contribution in [0.5, 0.6) is 5.88 Å². The van der Waals surface area contributed by atoms with Crippen molar-refractivity contribution in [1.29, 1.82) is 0 Å². The van der Waals surface area contributed by atoms with E-state index in [-0.39, 0.29) is 5.88 Å². The fourth-order valence-corrected chi connectivity index (χ4v) is 0.713. The van der Waals surface area contributed by atoms with Gasteiger partial charge in [-0.05, 0) is 6.07 Å². The number of halogens is 3. The molecule has 1 aromatic rings. The van der Waals surface area contributed by atoms with E-state index in [2.05, 4.69) is 15.3 Å².